The number of hydrogen-bond donors (Lipinski definition) is 2. The molecule has 0 aliphatic heterocycles. The molecule has 2 rings (SSSR count). The zero-order valence-corrected chi connectivity index (χ0v) is 12.2. The van der Waals surface area contributed by atoms with Crippen molar-refractivity contribution in [1.29, 1.82) is 0 Å². The fraction of sp³-hybridized carbons (Fsp3) is 0.200. The largest absolute Gasteiger partial charge is 0.356 e. The topological polar surface area (TPSA) is 37.0 Å². The Morgan fingerprint density at radius 1 is 1.20 bits per heavy atom. The SMILES string of the molecule is Cc1cccc(NC(=S)N[C@H](C)c2ccc(F)cc2)n1. The van der Waals surface area contributed by atoms with Crippen molar-refractivity contribution in [3.05, 3.63) is 59.5 Å². The van der Waals surface area contributed by atoms with Gasteiger partial charge in [-0.3, -0.25) is 0 Å². The number of anilines is 1. The molecule has 0 unspecified atom stereocenters. The summed E-state index contributed by atoms with van der Waals surface area (Å²) in [6.45, 7) is 3.88. The normalized spacial score (nSPS) is 11.8. The molecule has 0 aliphatic rings. The maximum Gasteiger partial charge on any atom is 0.172 e. The summed E-state index contributed by atoms with van der Waals surface area (Å²) in [5.74, 6) is 0.458. The van der Waals surface area contributed by atoms with Crippen molar-refractivity contribution in [1.82, 2.24) is 10.3 Å². The quantitative estimate of drug-likeness (QED) is 0.847. The molecule has 1 heterocycles. The standard InChI is InChI=1S/C15H16FN3S/c1-10-4-3-5-14(17-10)19-15(20)18-11(2)12-6-8-13(16)9-7-12/h3-9,11H,1-2H3,(H2,17,18,19,20)/t11-/m1/s1. The van der Waals surface area contributed by atoms with Gasteiger partial charge in [-0.1, -0.05) is 18.2 Å². The van der Waals surface area contributed by atoms with E-state index in [2.05, 4.69) is 15.6 Å². The maximum absolute atomic E-state index is 12.9. The summed E-state index contributed by atoms with van der Waals surface area (Å²) in [7, 11) is 0. The summed E-state index contributed by atoms with van der Waals surface area (Å²) in [5.41, 5.74) is 1.89. The van der Waals surface area contributed by atoms with Gasteiger partial charge in [0.15, 0.2) is 5.11 Å². The zero-order valence-electron chi connectivity index (χ0n) is 11.4. The first-order chi connectivity index (χ1) is 9.54. The van der Waals surface area contributed by atoms with E-state index in [0.717, 1.165) is 11.3 Å². The molecule has 1 atom stereocenters. The molecule has 5 heteroatoms. The van der Waals surface area contributed by atoms with Crippen LogP contribution in [0, 0.1) is 12.7 Å². The summed E-state index contributed by atoms with van der Waals surface area (Å²) in [6, 6.07) is 12.0. The molecule has 2 N–H and O–H groups in total. The lowest BCUT2D eigenvalue weighted by Gasteiger charge is -2.17. The molecule has 0 spiro atoms. The highest BCUT2D eigenvalue weighted by molar-refractivity contribution is 7.80. The van der Waals surface area contributed by atoms with E-state index in [9.17, 15) is 4.39 Å². The summed E-state index contributed by atoms with van der Waals surface area (Å²) >= 11 is 5.25. The van der Waals surface area contributed by atoms with Crippen LogP contribution in [0.3, 0.4) is 0 Å². The highest BCUT2D eigenvalue weighted by Crippen LogP contribution is 2.13. The highest BCUT2D eigenvalue weighted by Gasteiger charge is 2.07. The Bertz CT molecular complexity index is 598. The first kappa shape index (κ1) is 14.4. The first-order valence-electron chi connectivity index (χ1n) is 6.31. The number of aromatic nitrogens is 1. The van der Waals surface area contributed by atoms with Gasteiger partial charge in [-0.15, -0.1) is 0 Å². The fourth-order valence-corrected chi connectivity index (χ4v) is 2.08. The number of nitrogens with zero attached hydrogens (tertiary/aromatic N) is 1. The van der Waals surface area contributed by atoms with Gasteiger partial charge in [0, 0.05) is 5.69 Å². The highest BCUT2D eigenvalue weighted by atomic mass is 32.1. The van der Waals surface area contributed by atoms with E-state index < -0.39 is 0 Å². The molecule has 0 fully saturated rings. The van der Waals surface area contributed by atoms with Crippen LogP contribution in [0.15, 0.2) is 42.5 Å². The number of benzene rings is 1. The van der Waals surface area contributed by atoms with Gasteiger partial charge in [-0.25, -0.2) is 9.37 Å². The minimum atomic E-state index is -0.245. The van der Waals surface area contributed by atoms with Gasteiger partial charge in [-0.05, 0) is 55.9 Å². The van der Waals surface area contributed by atoms with Crippen molar-refractivity contribution >= 4 is 23.1 Å². The number of nitrogens with one attached hydrogen (secondary N) is 2. The number of halogens is 1. The van der Waals surface area contributed by atoms with Crippen LogP contribution in [0.25, 0.3) is 0 Å². The smallest absolute Gasteiger partial charge is 0.172 e. The molecule has 0 amide bonds. The third-order valence-electron chi connectivity index (χ3n) is 2.85. The first-order valence-corrected chi connectivity index (χ1v) is 6.72. The molecule has 0 saturated heterocycles. The monoisotopic (exact) mass is 289 g/mol. The predicted molar refractivity (Wildman–Crippen MR) is 83.1 cm³/mol. The van der Waals surface area contributed by atoms with Crippen molar-refractivity contribution in [2.75, 3.05) is 5.32 Å². The molecule has 0 saturated carbocycles. The Hall–Kier alpha value is -2.01. The van der Waals surface area contributed by atoms with E-state index in [1.54, 1.807) is 12.1 Å². The summed E-state index contributed by atoms with van der Waals surface area (Å²) in [5, 5.41) is 6.66. The number of thiocarbonyl (C=S) groups is 1. The lowest BCUT2D eigenvalue weighted by Crippen LogP contribution is -2.31. The van der Waals surface area contributed by atoms with Crippen LogP contribution in [0.2, 0.25) is 0 Å². The summed E-state index contributed by atoms with van der Waals surface area (Å²) in [4.78, 5) is 4.32. The molecule has 2 aromatic rings. The minimum Gasteiger partial charge on any atom is -0.356 e. The Balaban J connectivity index is 1.95. The second-order valence-corrected chi connectivity index (χ2v) is 4.94. The predicted octanol–water partition coefficient (Wildman–Crippen LogP) is 3.58. The molecular formula is C15H16FN3S. The van der Waals surface area contributed by atoms with Crippen LogP contribution in [0.1, 0.15) is 24.2 Å². The van der Waals surface area contributed by atoms with Crippen LogP contribution >= 0.6 is 12.2 Å². The average molecular weight is 289 g/mol. The molecule has 0 aliphatic carbocycles. The van der Waals surface area contributed by atoms with Crippen molar-refractivity contribution < 1.29 is 4.39 Å². The van der Waals surface area contributed by atoms with Crippen molar-refractivity contribution in [3.8, 4) is 0 Å². The lowest BCUT2D eigenvalue weighted by molar-refractivity contribution is 0.624. The second kappa shape index (κ2) is 6.43. The molecule has 104 valence electrons. The molecular weight excluding hydrogens is 273 g/mol. The zero-order chi connectivity index (χ0) is 14.5. The molecule has 1 aromatic heterocycles. The van der Waals surface area contributed by atoms with Crippen molar-refractivity contribution in [2.24, 2.45) is 0 Å². The lowest BCUT2D eigenvalue weighted by atomic mass is 10.1. The Morgan fingerprint density at radius 3 is 2.55 bits per heavy atom. The Labute approximate surface area is 123 Å². The number of pyridine rings is 1. The van der Waals surface area contributed by atoms with Crippen LogP contribution in [-0.2, 0) is 0 Å². The Kier molecular flexibility index (Phi) is 4.63. The van der Waals surface area contributed by atoms with Crippen LogP contribution in [0.5, 0.6) is 0 Å². The summed E-state index contributed by atoms with van der Waals surface area (Å²) < 4.78 is 12.9. The average Bonchev–Trinajstić information content (AvgIpc) is 2.39. The van der Waals surface area contributed by atoms with Gasteiger partial charge in [0.2, 0.25) is 0 Å². The number of hydrogen-bond acceptors (Lipinski definition) is 2. The maximum atomic E-state index is 12.9. The van der Waals surface area contributed by atoms with Gasteiger partial charge in [0.05, 0.1) is 6.04 Å². The van der Waals surface area contributed by atoms with Gasteiger partial charge < -0.3 is 10.6 Å². The van der Waals surface area contributed by atoms with E-state index in [1.165, 1.54) is 12.1 Å². The van der Waals surface area contributed by atoms with Gasteiger partial charge in [-0.2, -0.15) is 0 Å². The van der Waals surface area contributed by atoms with Gasteiger partial charge in [0.1, 0.15) is 11.6 Å². The van der Waals surface area contributed by atoms with E-state index in [0.29, 0.717) is 10.9 Å². The van der Waals surface area contributed by atoms with Crippen molar-refractivity contribution in [2.45, 2.75) is 19.9 Å². The number of rotatable bonds is 3. The fourth-order valence-electron chi connectivity index (χ4n) is 1.80. The molecule has 1 aromatic carbocycles. The van der Waals surface area contributed by atoms with Gasteiger partial charge >= 0.3 is 0 Å². The van der Waals surface area contributed by atoms with Crippen LogP contribution < -0.4 is 10.6 Å². The minimum absolute atomic E-state index is 0.0135. The molecule has 0 radical (unpaired) electrons. The van der Waals surface area contributed by atoms with E-state index in [4.69, 9.17) is 12.2 Å². The molecule has 20 heavy (non-hydrogen) atoms. The van der Waals surface area contributed by atoms with Gasteiger partial charge in [0.25, 0.3) is 0 Å². The van der Waals surface area contributed by atoms with E-state index >= 15 is 0 Å². The third-order valence-corrected chi connectivity index (χ3v) is 3.07. The van der Waals surface area contributed by atoms with Crippen LogP contribution in [0.4, 0.5) is 10.2 Å². The Morgan fingerprint density at radius 2 is 1.90 bits per heavy atom. The second-order valence-electron chi connectivity index (χ2n) is 4.54. The molecule has 3 nitrogen and oxygen atoms in total. The van der Waals surface area contributed by atoms with Crippen LogP contribution in [-0.4, -0.2) is 10.1 Å². The number of aryl methyl sites for hydroxylation is 1. The van der Waals surface area contributed by atoms with E-state index in [1.807, 2.05) is 32.0 Å². The van der Waals surface area contributed by atoms with Crippen molar-refractivity contribution in [3.63, 3.8) is 0 Å². The summed E-state index contributed by atoms with van der Waals surface area (Å²) in [6.07, 6.45) is 0. The molecule has 0 bridgehead atoms. The van der Waals surface area contributed by atoms with E-state index in [-0.39, 0.29) is 11.9 Å². The third kappa shape index (κ3) is 3.99.